The van der Waals surface area contributed by atoms with Gasteiger partial charge in [0.25, 0.3) is 0 Å². The van der Waals surface area contributed by atoms with Gasteiger partial charge in [0.15, 0.2) is 0 Å². The molecule has 0 saturated carbocycles. The van der Waals surface area contributed by atoms with Gasteiger partial charge in [-0.2, -0.15) is 0 Å². The van der Waals surface area contributed by atoms with Crippen molar-refractivity contribution in [2.24, 2.45) is 0 Å². The fourth-order valence-corrected chi connectivity index (χ4v) is 3.12. The van der Waals surface area contributed by atoms with Crippen LogP contribution in [0, 0.1) is 6.92 Å². The number of benzene rings is 1. The molecule has 0 bridgehead atoms. The second kappa shape index (κ2) is 8.11. The van der Waals surface area contributed by atoms with E-state index < -0.39 is 0 Å². The molecular formula is C18H24N2OS. The highest BCUT2D eigenvalue weighted by atomic mass is 32.1. The van der Waals surface area contributed by atoms with Crippen LogP contribution in [0.1, 0.15) is 31.4 Å². The zero-order chi connectivity index (χ0) is 15.9. The van der Waals surface area contributed by atoms with E-state index in [1.165, 1.54) is 11.1 Å². The van der Waals surface area contributed by atoms with Gasteiger partial charge in [0.05, 0.1) is 5.00 Å². The molecule has 3 nitrogen and oxygen atoms in total. The average Bonchev–Trinajstić information content (AvgIpc) is 3.05. The molecule has 4 heteroatoms. The number of thiophene rings is 1. The molecule has 0 fully saturated rings. The lowest BCUT2D eigenvalue weighted by Gasteiger charge is -2.25. The van der Waals surface area contributed by atoms with E-state index in [2.05, 4.69) is 43.4 Å². The Bertz CT molecular complexity index is 595. The monoisotopic (exact) mass is 316 g/mol. The Morgan fingerprint density at radius 2 is 2.05 bits per heavy atom. The van der Waals surface area contributed by atoms with Gasteiger partial charge in [0.2, 0.25) is 5.91 Å². The predicted molar refractivity (Wildman–Crippen MR) is 94.4 cm³/mol. The van der Waals surface area contributed by atoms with Gasteiger partial charge in [0.1, 0.15) is 0 Å². The molecule has 1 aromatic heterocycles. The first-order chi connectivity index (χ1) is 10.6. The SMILES string of the molecule is CCC(=O)N(CC(C)NCc1ccccc1C)c1cccs1. The Balaban J connectivity index is 1.95. The number of nitrogens with zero attached hydrogens (tertiary/aromatic N) is 1. The summed E-state index contributed by atoms with van der Waals surface area (Å²) in [6.45, 7) is 7.68. The van der Waals surface area contributed by atoms with E-state index in [1.807, 2.05) is 29.3 Å². The van der Waals surface area contributed by atoms with Crippen molar-refractivity contribution < 1.29 is 4.79 Å². The zero-order valence-corrected chi connectivity index (χ0v) is 14.3. The maximum absolute atomic E-state index is 12.2. The van der Waals surface area contributed by atoms with Gasteiger partial charge in [-0.1, -0.05) is 31.2 Å². The minimum absolute atomic E-state index is 0.173. The highest BCUT2D eigenvalue weighted by Gasteiger charge is 2.17. The van der Waals surface area contributed by atoms with Crippen molar-refractivity contribution in [1.29, 1.82) is 0 Å². The van der Waals surface area contributed by atoms with Crippen LogP contribution in [-0.2, 0) is 11.3 Å². The van der Waals surface area contributed by atoms with E-state index in [4.69, 9.17) is 0 Å². The van der Waals surface area contributed by atoms with E-state index >= 15 is 0 Å². The summed E-state index contributed by atoms with van der Waals surface area (Å²) >= 11 is 1.61. The van der Waals surface area contributed by atoms with Crippen molar-refractivity contribution in [3.05, 3.63) is 52.9 Å². The highest BCUT2D eigenvalue weighted by molar-refractivity contribution is 7.14. The molecule has 0 aliphatic rings. The molecule has 1 amide bonds. The van der Waals surface area contributed by atoms with Crippen LogP contribution in [0.4, 0.5) is 5.00 Å². The Kier molecular flexibility index (Phi) is 6.16. The maximum atomic E-state index is 12.2. The summed E-state index contributed by atoms with van der Waals surface area (Å²) in [5.41, 5.74) is 2.60. The van der Waals surface area contributed by atoms with E-state index in [9.17, 15) is 4.79 Å². The second-order valence-electron chi connectivity index (χ2n) is 5.52. The van der Waals surface area contributed by atoms with Gasteiger partial charge >= 0.3 is 0 Å². The predicted octanol–water partition coefficient (Wildman–Crippen LogP) is 3.98. The van der Waals surface area contributed by atoms with E-state index in [1.54, 1.807) is 11.3 Å². The molecule has 1 atom stereocenters. The summed E-state index contributed by atoms with van der Waals surface area (Å²) in [5, 5.41) is 6.56. The topological polar surface area (TPSA) is 32.3 Å². The molecule has 1 unspecified atom stereocenters. The normalized spacial score (nSPS) is 12.1. The standard InChI is InChI=1S/C18H24N2OS/c1-4-17(21)20(18-10-7-11-22-18)13-15(3)19-12-16-9-6-5-8-14(16)2/h5-11,15,19H,4,12-13H2,1-3H3. The highest BCUT2D eigenvalue weighted by Crippen LogP contribution is 2.22. The lowest BCUT2D eigenvalue weighted by Crippen LogP contribution is -2.41. The van der Waals surface area contributed by atoms with Crippen molar-refractivity contribution in [3.8, 4) is 0 Å². The van der Waals surface area contributed by atoms with Crippen molar-refractivity contribution in [2.45, 2.75) is 39.8 Å². The summed E-state index contributed by atoms with van der Waals surface area (Å²) in [6.07, 6.45) is 0.530. The van der Waals surface area contributed by atoms with Gasteiger partial charge in [-0.3, -0.25) is 4.79 Å². The molecule has 0 aliphatic heterocycles. The third-order valence-electron chi connectivity index (χ3n) is 3.73. The minimum atomic E-state index is 0.173. The quantitative estimate of drug-likeness (QED) is 0.838. The first-order valence-electron chi connectivity index (χ1n) is 7.73. The fraction of sp³-hybridized carbons (Fsp3) is 0.389. The molecular weight excluding hydrogens is 292 g/mol. The molecule has 118 valence electrons. The van der Waals surface area contributed by atoms with Crippen LogP contribution in [0.3, 0.4) is 0 Å². The van der Waals surface area contributed by atoms with E-state index in [-0.39, 0.29) is 11.9 Å². The zero-order valence-electron chi connectivity index (χ0n) is 13.5. The number of aryl methyl sites for hydroxylation is 1. The molecule has 22 heavy (non-hydrogen) atoms. The second-order valence-corrected chi connectivity index (χ2v) is 6.44. The largest absolute Gasteiger partial charge is 0.308 e. The van der Waals surface area contributed by atoms with Crippen molar-refractivity contribution >= 4 is 22.2 Å². The van der Waals surface area contributed by atoms with Crippen LogP contribution in [0.25, 0.3) is 0 Å². The summed E-state index contributed by atoms with van der Waals surface area (Å²) in [7, 11) is 0. The van der Waals surface area contributed by atoms with Crippen LogP contribution in [0.5, 0.6) is 0 Å². The molecule has 1 aromatic carbocycles. The molecule has 2 rings (SSSR count). The summed E-state index contributed by atoms with van der Waals surface area (Å²) in [4.78, 5) is 14.1. The number of carbonyl (C=O) groups excluding carboxylic acids is 1. The molecule has 1 heterocycles. The number of amides is 1. The Hall–Kier alpha value is -1.65. The molecule has 0 aliphatic carbocycles. The molecule has 0 saturated heterocycles. The van der Waals surface area contributed by atoms with Crippen molar-refractivity contribution in [1.82, 2.24) is 5.32 Å². The first kappa shape index (κ1) is 16.7. The lowest BCUT2D eigenvalue weighted by molar-refractivity contribution is -0.118. The number of hydrogen-bond donors (Lipinski definition) is 1. The van der Waals surface area contributed by atoms with Gasteiger partial charge < -0.3 is 10.2 Å². The maximum Gasteiger partial charge on any atom is 0.227 e. The van der Waals surface area contributed by atoms with Crippen LogP contribution >= 0.6 is 11.3 Å². The Morgan fingerprint density at radius 3 is 2.68 bits per heavy atom. The lowest BCUT2D eigenvalue weighted by atomic mass is 10.1. The van der Waals surface area contributed by atoms with E-state index in [0.717, 1.165) is 11.5 Å². The first-order valence-corrected chi connectivity index (χ1v) is 8.61. The number of carbonyl (C=O) groups is 1. The van der Waals surface area contributed by atoms with Crippen LogP contribution in [0.15, 0.2) is 41.8 Å². The van der Waals surface area contributed by atoms with Crippen LogP contribution in [0.2, 0.25) is 0 Å². The summed E-state index contributed by atoms with van der Waals surface area (Å²) in [5.74, 6) is 0.173. The average molecular weight is 316 g/mol. The van der Waals surface area contributed by atoms with Crippen molar-refractivity contribution in [3.63, 3.8) is 0 Å². The number of anilines is 1. The Labute approximate surface area is 137 Å². The fourth-order valence-electron chi connectivity index (χ4n) is 2.36. The number of rotatable bonds is 7. The minimum Gasteiger partial charge on any atom is -0.308 e. The van der Waals surface area contributed by atoms with Crippen LogP contribution < -0.4 is 10.2 Å². The number of nitrogens with one attached hydrogen (secondary N) is 1. The van der Waals surface area contributed by atoms with Gasteiger partial charge in [-0.15, -0.1) is 11.3 Å². The van der Waals surface area contributed by atoms with E-state index in [0.29, 0.717) is 13.0 Å². The summed E-state index contributed by atoms with van der Waals surface area (Å²) < 4.78 is 0. The van der Waals surface area contributed by atoms with Gasteiger partial charge in [0, 0.05) is 25.6 Å². The third-order valence-corrected chi connectivity index (χ3v) is 4.63. The molecule has 0 spiro atoms. The Morgan fingerprint density at radius 1 is 1.27 bits per heavy atom. The smallest absolute Gasteiger partial charge is 0.227 e. The molecule has 0 radical (unpaired) electrons. The molecule has 2 aromatic rings. The van der Waals surface area contributed by atoms with Gasteiger partial charge in [-0.05, 0) is 42.5 Å². The van der Waals surface area contributed by atoms with Gasteiger partial charge in [-0.25, -0.2) is 0 Å². The third kappa shape index (κ3) is 4.42. The van der Waals surface area contributed by atoms with Crippen LogP contribution in [-0.4, -0.2) is 18.5 Å². The van der Waals surface area contributed by atoms with Crippen molar-refractivity contribution in [2.75, 3.05) is 11.4 Å². The number of hydrogen-bond acceptors (Lipinski definition) is 3. The summed E-state index contributed by atoms with van der Waals surface area (Å²) in [6, 6.07) is 12.6. The molecule has 1 N–H and O–H groups in total.